The highest BCUT2D eigenvalue weighted by Gasteiger charge is 2.63. The Kier molecular flexibility index (Phi) is 3.46. The van der Waals surface area contributed by atoms with Gasteiger partial charge >= 0.3 is 0 Å². The van der Waals surface area contributed by atoms with Gasteiger partial charge < -0.3 is 9.84 Å². The molecule has 0 aromatic heterocycles. The first-order valence-corrected chi connectivity index (χ1v) is 8.92. The molecule has 1 heterocycles. The summed E-state index contributed by atoms with van der Waals surface area (Å²) >= 11 is 0. The van der Waals surface area contributed by atoms with Crippen molar-refractivity contribution >= 4 is 0 Å². The first-order chi connectivity index (χ1) is 10.5. The first kappa shape index (κ1) is 15.1. The van der Waals surface area contributed by atoms with Gasteiger partial charge in [-0.15, -0.1) is 6.58 Å². The van der Waals surface area contributed by atoms with E-state index in [1.807, 2.05) is 0 Å². The summed E-state index contributed by atoms with van der Waals surface area (Å²) < 4.78 is 6.56. The maximum Gasteiger partial charge on any atom is 0.210 e. The van der Waals surface area contributed by atoms with E-state index in [0.717, 1.165) is 38.0 Å². The summed E-state index contributed by atoms with van der Waals surface area (Å²) in [4.78, 5) is 11.7. The standard InChI is InChI=1S/C18H28O4/c1-3-16(19)8-5-9-17(12-16)20-18(22-21-17)13(2)10-14-6-4-7-15(18)11-14/h3,13-15,19H,1,4-12H2,2H3. The first-order valence-electron chi connectivity index (χ1n) is 8.92. The third-order valence-corrected chi connectivity index (χ3v) is 6.52. The van der Waals surface area contributed by atoms with Crippen molar-refractivity contribution in [3.8, 4) is 0 Å². The highest BCUT2D eigenvalue weighted by Crippen LogP contribution is 2.57. The lowest BCUT2D eigenvalue weighted by atomic mass is 9.64. The molecule has 0 aromatic rings. The van der Waals surface area contributed by atoms with Crippen molar-refractivity contribution in [1.82, 2.24) is 0 Å². The van der Waals surface area contributed by atoms with Crippen LogP contribution >= 0.6 is 0 Å². The minimum Gasteiger partial charge on any atom is -0.386 e. The van der Waals surface area contributed by atoms with Crippen LogP contribution in [0, 0.1) is 17.8 Å². The Morgan fingerprint density at radius 3 is 2.82 bits per heavy atom. The SMILES string of the molecule is C=CC1(O)CCCC2(C1)OOC1(O2)C(C)CC2CCCC1C2. The van der Waals surface area contributed by atoms with E-state index >= 15 is 0 Å². The van der Waals surface area contributed by atoms with E-state index in [1.165, 1.54) is 19.3 Å². The fourth-order valence-electron chi connectivity index (χ4n) is 5.38. The fraction of sp³-hybridized carbons (Fsp3) is 0.889. The Morgan fingerprint density at radius 2 is 2.00 bits per heavy atom. The Hall–Kier alpha value is -0.420. The van der Waals surface area contributed by atoms with Gasteiger partial charge in [-0.05, 0) is 38.0 Å². The molecular formula is C18H28O4. The van der Waals surface area contributed by atoms with Crippen molar-refractivity contribution in [1.29, 1.82) is 0 Å². The molecule has 0 radical (unpaired) electrons. The largest absolute Gasteiger partial charge is 0.386 e. The van der Waals surface area contributed by atoms with Gasteiger partial charge in [-0.2, -0.15) is 9.78 Å². The fourth-order valence-corrected chi connectivity index (χ4v) is 5.38. The molecule has 2 bridgehead atoms. The lowest BCUT2D eigenvalue weighted by molar-refractivity contribution is -0.381. The molecule has 4 nitrogen and oxygen atoms in total. The van der Waals surface area contributed by atoms with Gasteiger partial charge in [-0.25, -0.2) is 0 Å². The molecule has 4 fully saturated rings. The van der Waals surface area contributed by atoms with Gasteiger partial charge in [-0.1, -0.05) is 25.8 Å². The molecule has 6 atom stereocenters. The average molecular weight is 308 g/mol. The summed E-state index contributed by atoms with van der Waals surface area (Å²) in [5.41, 5.74) is -0.903. The topological polar surface area (TPSA) is 47.9 Å². The van der Waals surface area contributed by atoms with E-state index in [2.05, 4.69) is 13.5 Å². The van der Waals surface area contributed by atoms with Crippen molar-refractivity contribution in [2.45, 2.75) is 81.9 Å². The molecule has 22 heavy (non-hydrogen) atoms. The van der Waals surface area contributed by atoms with E-state index in [1.54, 1.807) is 6.08 Å². The van der Waals surface area contributed by atoms with Crippen LogP contribution in [-0.2, 0) is 14.5 Å². The predicted molar refractivity (Wildman–Crippen MR) is 81.6 cm³/mol. The molecule has 4 aliphatic rings. The predicted octanol–water partition coefficient (Wildman–Crippen LogP) is 3.69. The second-order valence-electron chi connectivity index (χ2n) is 8.11. The third kappa shape index (κ3) is 2.19. The molecule has 2 spiro atoms. The molecule has 3 saturated carbocycles. The molecule has 1 saturated heterocycles. The molecule has 3 aliphatic carbocycles. The van der Waals surface area contributed by atoms with Crippen LogP contribution in [-0.4, -0.2) is 22.3 Å². The maximum absolute atomic E-state index is 10.6. The van der Waals surface area contributed by atoms with E-state index in [4.69, 9.17) is 14.5 Å². The van der Waals surface area contributed by atoms with E-state index in [0.29, 0.717) is 18.3 Å². The number of hydrogen-bond acceptors (Lipinski definition) is 4. The molecule has 6 unspecified atom stereocenters. The zero-order chi connectivity index (χ0) is 15.4. The zero-order valence-electron chi connectivity index (χ0n) is 13.6. The molecule has 1 N–H and O–H groups in total. The normalized spacial score (nSPS) is 54.7. The van der Waals surface area contributed by atoms with Gasteiger partial charge in [0, 0.05) is 24.7 Å². The summed E-state index contributed by atoms with van der Waals surface area (Å²) in [5.74, 6) is 0.193. The van der Waals surface area contributed by atoms with Crippen LogP contribution in [0.5, 0.6) is 0 Å². The van der Waals surface area contributed by atoms with Crippen LogP contribution in [0.25, 0.3) is 0 Å². The van der Waals surface area contributed by atoms with Gasteiger partial charge in [0.2, 0.25) is 11.6 Å². The van der Waals surface area contributed by atoms with Crippen molar-refractivity contribution in [3.05, 3.63) is 12.7 Å². The summed E-state index contributed by atoms with van der Waals surface area (Å²) in [5, 5.41) is 10.6. The second-order valence-corrected chi connectivity index (χ2v) is 8.11. The van der Waals surface area contributed by atoms with Gasteiger partial charge in [0.1, 0.15) is 0 Å². The highest BCUT2D eigenvalue weighted by atomic mass is 17.3. The number of hydrogen-bond donors (Lipinski definition) is 1. The van der Waals surface area contributed by atoms with Gasteiger partial charge in [0.25, 0.3) is 0 Å². The molecule has 0 aromatic carbocycles. The van der Waals surface area contributed by atoms with E-state index < -0.39 is 17.2 Å². The Labute approximate surface area is 132 Å². The van der Waals surface area contributed by atoms with Crippen molar-refractivity contribution < 1.29 is 19.6 Å². The molecule has 0 amide bonds. The van der Waals surface area contributed by atoms with Crippen LogP contribution in [0.3, 0.4) is 0 Å². The summed E-state index contributed by atoms with van der Waals surface area (Å²) in [6.45, 7) is 6.01. The van der Waals surface area contributed by atoms with Gasteiger partial charge in [-0.3, -0.25) is 0 Å². The van der Waals surface area contributed by atoms with Gasteiger partial charge in [0.15, 0.2) is 0 Å². The highest BCUT2D eigenvalue weighted by molar-refractivity contribution is 5.05. The third-order valence-electron chi connectivity index (χ3n) is 6.52. The quantitative estimate of drug-likeness (QED) is 0.593. The number of rotatable bonds is 1. The van der Waals surface area contributed by atoms with Crippen LogP contribution in [0.4, 0.5) is 0 Å². The van der Waals surface area contributed by atoms with Crippen LogP contribution in [0.2, 0.25) is 0 Å². The Morgan fingerprint density at radius 1 is 1.14 bits per heavy atom. The van der Waals surface area contributed by atoms with E-state index in [-0.39, 0.29) is 0 Å². The van der Waals surface area contributed by atoms with Crippen molar-refractivity contribution in [2.24, 2.45) is 17.8 Å². The van der Waals surface area contributed by atoms with Crippen LogP contribution < -0.4 is 0 Å². The lowest BCUT2D eigenvalue weighted by Crippen LogP contribution is -2.54. The molecular weight excluding hydrogens is 280 g/mol. The van der Waals surface area contributed by atoms with Crippen LogP contribution in [0.15, 0.2) is 12.7 Å². The minimum atomic E-state index is -0.903. The monoisotopic (exact) mass is 308 g/mol. The molecule has 1 aliphatic heterocycles. The smallest absolute Gasteiger partial charge is 0.210 e. The van der Waals surface area contributed by atoms with Gasteiger partial charge in [0.05, 0.1) is 5.60 Å². The maximum atomic E-state index is 10.6. The lowest BCUT2D eigenvalue weighted by Gasteiger charge is -2.49. The average Bonchev–Trinajstić information content (AvgIpc) is 2.86. The zero-order valence-corrected chi connectivity index (χ0v) is 13.6. The van der Waals surface area contributed by atoms with Crippen molar-refractivity contribution in [3.63, 3.8) is 0 Å². The minimum absolute atomic E-state index is 0.342. The molecule has 124 valence electrons. The second kappa shape index (κ2) is 5.04. The summed E-state index contributed by atoms with van der Waals surface area (Å²) in [6.07, 6.45) is 10.5. The number of ether oxygens (including phenoxy) is 1. The molecule has 4 rings (SSSR count). The Balaban J connectivity index is 1.59. The van der Waals surface area contributed by atoms with Crippen molar-refractivity contribution in [2.75, 3.05) is 0 Å². The Bertz CT molecular complexity index is 464. The number of fused-ring (bicyclic) bond motifs is 3. The molecule has 4 heteroatoms. The number of aliphatic hydroxyl groups is 1. The van der Waals surface area contributed by atoms with E-state index in [9.17, 15) is 5.11 Å². The summed E-state index contributed by atoms with van der Waals surface area (Å²) in [7, 11) is 0. The van der Waals surface area contributed by atoms with Crippen LogP contribution in [0.1, 0.15) is 64.7 Å². The summed E-state index contributed by atoms with van der Waals surface area (Å²) in [6, 6.07) is 0.